The Morgan fingerprint density at radius 3 is 2.79 bits per heavy atom. The van der Waals surface area contributed by atoms with E-state index in [1.165, 1.54) is 28.2 Å². The normalized spacial score (nSPS) is 15.5. The Kier molecular flexibility index (Phi) is 5.39. The Bertz CT molecular complexity index is 1290. The van der Waals surface area contributed by atoms with Crippen LogP contribution in [0.15, 0.2) is 76.7 Å². The second-order valence-corrected chi connectivity index (χ2v) is 7.66. The topological polar surface area (TPSA) is 101 Å². The Labute approximate surface area is 188 Å². The van der Waals surface area contributed by atoms with Crippen LogP contribution in [0, 0.1) is 12.7 Å². The molecule has 1 N–H and O–H groups in total. The van der Waals surface area contributed by atoms with Crippen molar-refractivity contribution in [1.82, 2.24) is 25.2 Å². The molecule has 10 heteroatoms. The van der Waals surface area contributed by atoms with Gasteiger partial charge in [-0.2, -0.15) is 5.10 Å². The third-order valence-corrected chi connectivity index (χ3v) is 5.42. The molecule has 4 aromatic rings. The van der Waals surface area contributed by atoms with Crippen molar-refractivity contribution in [3.63, 3.8) is 0 Å². The van der Waals surface area contributed by atoms with E-state index in [0.29, 0.717) is 17.9 Å². The van der Waals surface area contributed by atoms with Gasteiger partial charge < -0.3 is 9.73 Å². The molecule has 1 aliphatic heterocycles. The zero-order chi connectivity index (χ0) is 22.8. The molecule has 1 aliphatic rings. The molecule has 2 aromatic carbocycles. The summed E-state index contributed by atoms with van der Waals surface area (Å²) in [5.74, 6) is -0.167. The van der Waals surface area contributed by atoms with Gasteiger partial charge in [-0.25, -0.2) is 14.1 Å². The highest BCUT2D eigenvalue weighted by Crippen LogP contribution is 2.33. The first kappa shape index (κ1) is 20.6. The minimum atomic E-state index is -0.493. The average molecular weight is 445 g/mol. The maximum Gasteiger partial charge on any atom is 0.262 e. The number of hydrazone groups is 1. The molecule has 1 unspecified atom stereocenters. The van der Waals surface area contributed by atoms with Gasteiger partial charge in [-0.05, 0) is 53.2 Å². The Morgan fingerprint density at radius 2 is 2.06 bits per heavy atom. The largest absolute Gasteiger partial charge is 0.467 e. The van der Waals surface area contributed by atoms with Crippen LogP contribution in [0.4, 0.5) is 10.1 Å². The van der Waals surface area contributed by atoms with Gasteiger partial charge in [-0.3, -0.25) is 4.79 Å². The van der Waals surface area contributed by atoms with E-state index < -0.39 is 5.82 Å². The smallest absolute Gasteiger partial charge is 0.262 e. The summed E-state index contributed by atoms with van der Waals surface area (Å²) in [5, 5.41) is 19.8. The fourth-order valence-electron chi connectivity index (χ4n) is 3.69. The summed E-state index contributed by atoms with van der Waals surface area (Å²) in [6.45, 7) is 1.86. The number of carbonyl (C=O) groups excluding carboxylic acids is 1. The van der Waals surface area contributed by atoms with Crippen LogP contribution in [0.3, 0.4) is 0 Å². The van der Waals surface area contributed by atoms with Gasteiger partial charge in [0.25, 0.3) is 5.91 Å². The van der Waals surface area contributed by atoms with Crippen molar-refractivity contribution in [2.75, 3.05) is 11.9 Å². The molecule has 0 saturated heterocycles. The quantitative estimate of drug-likeness (QED) is 0.488. The van der Waals surface area contributed by atoms with E-state index >= 15 is 0 Å². The number of hydrogen-bond acceptors (Lipinski definition) is 7. The number of aryl methyl sites for hydroxylation is 1. The van der Waals surface area contributed by atoms with Crippen LogP contribution >= 0.6 is 0 Å². The summed E-state index contributed by atoms with van der Waals surface area (Å²) >= 11 is 0. The van der Waals surface area contributed by atoms with Crippen LogP contribution in [0.5, 0.6) is 0 Å². The Morgan fingerprint density at radius 1 is 1.21 bits per heavy atom. The molecule has 166 valence electrons. The number of furan rings is 1. The van der Waals surface area contributed by atoms with Crippen molar-refractivity contribution in [3.05, 3.63) is 89.9 Å². The second kappa shape index (κ2) is 8.65. The van der Waals surface area contributed by atoms with E-state index in [4.69, 9.17) is 4.42 Å². The summed E-state index contributed by atoms with van der Waals surface area (Å²) in [6, 6.07) is 15.6. The van der Waals surface area contributed by atoms with Crippen LogP contribution in [0.1, 0.15) is 29.3 Å². The first-order valence-corrected chi connectivity index (χ1v) is 10.4. The molecule has 0 spiro atoms. The summed E-state index contributed by atoms with van der Waals surface area (Å²) in [7, 11) is 0. The SMILES string of the molecule is Cc1ccc(C2=NN(C(=O)CNc3cc(-n4cnnn4)ccc3F)C(c3ccco3)C2)cc1. The van der Waals surface area contributed by atoms with Crippen molar-refractivity contribution in [1.29, 1.82) is 0 Å². The molecule has 33 heavy (non-hydrogen) atoms. The number of aromatic nitrogens is 4. The maximum absolute atomic E-state index is 14.4. The zero-order valence-corrected chi connectivity index (χ0v) is 17.7. The predicted octanol–water partition coefficient (Wildman–Crippen LogP) is 3.49. The molecule has 2 aromatic heterocycles. The van der Waals surface area contributed by atoms with Crippen molar-refractivity contribution in [3.8, 4) is 5.69 Å². The third kappa shape index (κ3) is 4.22. The summed E-state index contributed by atoms with van der Waals surface area (Å²) in [6.07, 6.45) is 3.49. The van der Waals surface area contributed by atoms with Crippen LogP contribution < -0.4 is 5.32 Å². The summed E-state index contributed by atoms with van der Waals surface area (Å²) in [4.78, 5) is 13.1. The van der Waals surface area contributed by atoms with Gasteiger partial charge in [-0.1, -0.05) is 29.8 Å². The van der Waals surface area contributed by atoms with E-state index in [2.05, 4.69) is 25.9 Å². The van der Waals surface area contributed by atoms with Gasteiger partial charge in [0.15, 0.2) is 0 Å². The van der Waals surface area contributed by atoms with Crippen molar-refractivity contribution in [2.24, 2.45) is 5.10 Å². The predicted molar refractivity (Wildman–Crippen MR) is 118 cm³/mol. The lowest BCUT2D eigenvalue weighted by molar-refractivity contribution is -0.131. The van der Waals surface area contributed by atoms with Crippen LogP contribution in [0.2, 0.25) is 0 Å². The number of nitrogens with zero attached hydrogens (tertiary/aromatic N) is 6. The Balaban J connectivity index is 1.37. The molecular weight excluding hydrogens is 425 g/mol. The fourth-order valence-corrected chi connectivity index (χ4v) is 3.69. The standard InChI is InChI=1S/C23H20FN7O2/c1-15-4-6-16(7-5-15)19-12-21(22-3-2-10-33-22)31(27-19)23(32)13-25-20-11-17(8-9-18(20)24)30-14-26-28-29-30/h2-11,14,21,25H,12-13H2,1H3. The Hall–Kier alpha value is -4.34. The molecule has 0 bridgehead atoms. The second-order valence-electron chi connectivity index (χ2n) is 7.66. The highest BCUT2D eigenvalue weighted by atomic mass is 19.1. The lowest BCUT2D eigenvalue weighted by atomic mass is 10.0. The monoisotopic (exact) mass is 445 g/mol. The molecule has 9 nitrogen and oxygen atoms in total. The molecular formula is C23H20FN7O2. The lowest BCUT2D eigenvalue weighted by Crippen LogP contribution is -2.32. The van der Waals surface area contributed by atoms with E-state index in [-0.39, 0.29) is 24.2 Å². The van der Waals surface area contributed by atoms with Crippen molar-refractivity contribution in [2.45, 2.75) is 19.4 Å². The van der Waals surface area contributed by atoms with Gasteiger partial charge in [0, 0.05) is 6.42 Å². The minimum absolute atomic E-state index is 0.155. The van der Waals surface area contributed by atoms with Crippen LogP contribution in [-0.4, -0.2) is 43.4 Å². The summed E-state index contributed by atoms with van der Waals surface area (Å²) < 4.78 is 21.3. The highest BCUT2D eigenvalue weighted by molar-refractivity contribution is 6.03. The van der Waals surface area contributed by atoms with E-state index in [0.717, 1.165) is 16.8 Å². The van der Waals surface area contributed by atoms with E-state index in [1.807, 2.05) is 37.3 Å². The number of benzene rings is 2. The molecule has 0 aliphatic carbocycles. The van der Waals surface area contributed by atoms with Crippen LogP contribution in [0.25, 0.3) is 5.69 Å². The molecule has 0 saturated carbocycles. The molecule has 3 heterocycles. The third-order valence-electron chi connectivity index (χ3n) is 5.42. The number of tetrazole rings is 1. The number of nitrogens with one attached hydrogen (secondary N) is 1. The highest BCUT2D eigenvalue weighted by Gasteiger charge is 2.34. The van der Waals surface area contributed by atoms with Crippen molar-refractivity contribution < 1.29 is 13.6 Å². The average Bonchev–Trinajstić information content (AvgIpc) is 3.60. The minimum Gasteiger partial charge on any atom is -0.467 e. The number of hydrogen-bond donors (Lipinski definition) is 1. The zero-order valence-electron chi connectivity index (χ0n) is 17.7. The van der Waals surface area contributed by atoms with Gasteiger partial charge in [0.05, 0.1) is 29.9 Å². The first-order chi connectivity index (χ1) is 16.1. The lowest BCUT2D eigenvalue weighted by Gasteiger charge is -2.20. The van der Waals surface area contributed by atoms with E-state index in [1.54, 1.807) is 18.4 Å². The van der Waals surface area contributed by atoms with Crippen LogP contribution in [-0.2, 0) is 4.79 Å². The van der Waals surface area contributed by atoms with Gasteiger partial charge in [-0.15, -0.1) is 5.10 Å². The summed E-state index contributed by atoms with van der Waals surface area (Å²) in [5.41, 5.74) is 3.60. The number of halogens is 1. The molecule has 5 rings (SSSR count). The van der Waals surface area contributed by atoms with Gasteiger partial charge in [0.1, 0.15) is 23.9 Å². The molecule has 0 fully saturated rings. The fraction of sp³-hybridized carbons (Fsp3) is 0.174. The number of rotatable bonds is 6. The van der Waals surface area contributed by atoms with E-state index in [9.17, 15) is 9.18 Å². The van der Waals surface area contributed by atoms with Crippen molar-refractivity contribution >= 4 is 17.3 Å². The first-order valence-electron chi connectivity index (χ1n) is 10.4. The number of amides is 1. The maximum atomic E-state index is 14.4. The van der Waals surface area contributed by atoms with Gasteiger partial charge >= 0.3 is 0 Å². The number of carbonyl (C=O) groups is 1. The van der Waals surface area contributed by atoms with Gasteiger partial charge in [0.2, 0.25) is 0 Å². The number of anilines is 1. The molecule has 0 radical (unpaired) electrons. The molecule has 1 atom stereocenters. The molecule has 1 amide bonds.